The average Bonchev–Trinajstić information content (AvgIpc) is 3.09. The summed E-state index contributed by atoms with van der Waals surface area (Å²) in [7, 11) is 0. The quantitative estimate of drug-likeness (QED) is 0.724. The summed E-state index contributed by atoms with van der Waals surface area (Å²) >= 11 is 0. The van der Waals surface area contributed by atoms with Crippen LogP contribution < -0.4 is 20.1 Å². The Hall–Kier alpha value is -3.35. The lowest BCUT2D eigenvalue weighted by Crippen LogP contribution is -2.13. The van der Waals surface area contributed by atoms with E-state index in [0.717, 1.165) is 28.4 Å². The molecule has 26 heavy (non-hydrogen) atoms. The zero-order chi connectivity index (χ0) is 17.9. The van der Waals surface area contributed by atoms with Crippen molar-refractivity contribution in [2.75, 3.05) is 17.4 Å². The molecule has 2 aromatic heterocycles. The second-order valence-electron chi connectivity index (χ2n) is 6.19. The van der Waals surface area contributed by atoms with E-state index in [1.165, 1.54) is 0 Å². The second kappa shape index (κ2) is 6.87. The minimum Gasteiger partial charge on any atom is -0.454 e. The van der Waals surface area contributed by atoms with Gasteiger partial charge in [-0.25, -0.2) is 4.98 Å². The van der Waals surface area contributed by atoms with Crippen LogP contribution in [0.3, 0.4) is 0 Å². The average molecular weight is 349 g/mol. The number of hydrogen-bond acceptors (Lipinski definition) is 7. The summed E-state index contributed by atoms with van der Waals surface area (Å²) in [5.74, 6) is 2.73. The molecule has 0 aliphatic carbocycles. The first-order chi connectivity index (χ1) is 12.7. The smallest absolute Gasteiger partial charge is 0.231 e. The Bertz CT molecular complexity index is 915. The predicted molar refractivity (Wildman–Crippen MR) is 99.9 cm³/mol. The SMILES string of the molecule is CC(C)Nc1nc(Nc2ccc3c(c2)OCO3)cc(-c2ccncc2)n1. The van der Waals surface area contributed by atoms with Gasteiger partial charge in [0.05, 0.1) is 5.69 Å². The number of aromatic nitrogens is 3. The number of hydrogen-bond donors (Lipinski definition) is 2. The van der Waals surface area contributed by atoms with Crippen molar-refractivity contribution in [2.45, 2.75) is 19.9 Å². The first kappa shape index (κ1) is 16.1. The second-order valence-corrected chi connectivity index (χ2v) is 6.19. The number of ether oxygens (including phenoxy) is 2. The van der Waals surface area contributed by atoms with Crippen molar-refractivity contribution in [1.29, 1.82) is 0 Å². The Morgan fingerprint density at radius 3 is 2.58 bits per heavy atom. The number of nitrogens with one attached hydrogen (secondary N) is 2. The lowest BCUT2D eigenvalue weighted by Gasteiger charge is -2.13. The van der Waals surface area contributed by atoms with Gasteiger partial charge in [-0.05, 0) is 38.1 Å². The van der Waals surface area contributed by atoms with Gasteiger partial charge in [0.15, 0.2) is 11.5 Å². The molecule has 3 aromatic rings. The maximum atomic E-state index is 5.43. The summed E-state index contributed by atoms with van der Waals surface area (Å²) in [6.45, 7) is 4.35. The van der Waals surface area contributed by atoms with Crippen LogP contribution in [0.15, 0.2) is 48.8 Å². The Morgan fingerprint density at radius 1 is 0.962 bits per heavy atom. The first-order valence-corrected chi connectivity index (χ1v) is 8.40. The third-order valence-corrected chi connectivity index (χ3v) is 3.76. The van der Waals surface area contributed by atoms with Gasteiger partial charge >= 0.3 is 0 Å². The van der Waals surface area contributed by atoms with Gasteiger partial charge in [-0.15, -0.1) is 0 Å². The number of benzene rings is 1. The van der Waals surface area contributed by atoms with Crippen molar-refractivity contribution in [2.24, 2.45) is 0 Å². The molecule has 4 rings (SSSR count). The zero-order valence-electron chi connectivity index (χ0n) is 14.6. The van der Waals surface area contributed by atoms with E-state index < -0.39 is 0 Å². The Morgan fingerprint density at radius 2 is 1.77 bits per heavy atom. The number of nitrogens with zero attached hydrogens (tertiary/aromatic N) is 3. The Labute approximate surface area is 151 Å². The number of pyridine rings is 1. The number of rotatable bonds is 5. The molecule has 0 spiro atoms. The summed E-state index contributed by atoms with van der Waals surface area (Å²) in [5.41, 5.74) is 2.65. The summed E-state index contributed by atoms with van der Waals surface area (Å²) in [5, 5.41) is 6.58. The largest absolute Gasteiger partial charge is 0.454 e. The summed E-state index contributed by atoms with van der Waals surface area (Å²) in [6.07, 6.45) is 3.50. The maximum absolute atomic E-state index is 5.43. The molecule has 2 N–H and O–H groups in total. The van der Waals surface area contributed by atoms with Gasteiger partial charge in [-0.3, -0.25) is 4.98 Å². The van der Waals surface area contributed by atoms with Crippen LogP contribution in [0.2, 0.25) is 0 Å². The fourth-order valence-electron chi connectivity index (χ4n) is 2.63. The molecule has 0 amide bonds. The highest BCUT2D eigenvalue weighted by Crippen LogP contribution is 2.35. The van der Waals surface area contributed by atoms with Gasteiger partial charge in [-0.2, -0.15) is 4.98 Å². The molecule has 1 aliphatic heterocycles. The van der Waals surface area contributed by atoms with Gasteiger partial charge < -0.3 is 20.1 Å². The molecule has 0 unspecified atom stereocenters. The third-order valence-electron chi connectivity index (χ3n) is 3.76. The summed E-state index contributed by atoms with van der Waals surface area (Å²) < 4.78 is 10.8. The molecule has 0 radical (unpaired) electrons. The van der Waals surface area contributed by atoms with Crippen molar-refractivity contribution in [1.82, 2.24) is 15.0 Å². The molecule has 3 heterocycles. The molecule has 0 atom stereocenters. The lowest BCUT2D eigenvalue weighted by atomic mass is 10.2. The van der Waals surface area contributed by atoms with Gasteiger partial charge in [0, 0.05) is 41.8 Å². The van der Waals surface area contributed by atoms with E-state index in [0.29, 0.717) is 11.8 Å². The van der Waals surface area contributed by atoms with Crippen LogP contribution in [0.1, 0.15) is 13.8 Å². The van der Waals surface area contributed by atoms with Crippen molar-refractivity contribution in [3.63, 3.8) is 0 Å². The van der Waals surface area contributed by atoms with Crippen LogP contribution in [0, 0.1) is 0 Å². The normalized spacial score (nSPS) is 12.3. The fourth-order valence-corrected chi connectivity index (χ4v) is 2.63. The van der Waals surface area contributed by atoms with Crippen LogP contribution in [0.5, 0.6) is 11.5 Å². The highest BCUT2D eigenvalue weighted by molar-refractivity contribution is 5.68. The minimum absolute atomic E-state index is 0.223. The monoisotopic (exact) mass is 349 g/mol. The van der Waals surface area contributed by atoms with E-state index in [1.54, 1.807) is 12.4 Å². The van der Waals surface area contributed by atoms with Crippen molar-refractivity contribution in [3.8, 4) is 22.8 Å². The summed E-state index contributed by atoms with van der Waals surface area (Å²) in [4.78, 5) is 13.2. The van der Waals surface area contributed by atoms with E-state index in [4.69, 9.17) is 9.47 Å². The summed E-state index contributed by atoms with van der Waals surface area (Å²) in [6, 6.07) is 11.7. The van der Waals surface area contributed by atoms with E-state index in [-0.39, 0.29) is 12.8 Å². The molecule has 0 saturated carbocycles. The van der Waals surface area contributed by atoms with Crippen molar-refractivity contribution in [3.05, 3.63) is 48.8 Å². The Balaban J connectivity index is 1.68. The number of fused-ring (bicyclic) bond motifs is 1. The molecule has 1 aliphatic rings. The van der Waals surface area contributed by atoms with Crippen LogP contribution >= 0.6 is 0 Å². The molecule has 0 bridgehead atoms. The van der Waals surface area contributed by atoms with E-state index in [1.807, 2.05) is 50.2 Å². The highest BCUT2D eigenvalue weighted by Gasteiger charge is 2.14. The molecule has 0 saturated heterocycles. The van der Waals surface area contributed by atoms with Crippen molar-refractivity contribution >= 4 is 17.5 Å². The predicted octanol–water partition coefficient (Wildman–Crippen LogP) is 3.83. The van der Waals surface area contributed by atoms with E-state index >= 15 is 0 Å². The van der Waals surface area contributed by atoms with Gasteiger partial charge in [0.1, 0.15) is 5.82 Å². The maximum Gasteiger partial charge on any atom is 0.231 e. The van der Waals surface area contributed by atoms with Gasteiger partial charge in [0.25, 0.3) is 0 Å². The van der Waals surface area contributed by atoms with Gasteiger partial charge in [0.2, 0.25) is 12.7 Å². The minimum atomic E-state index is 0.223. The number of anilines is 3. The first-order valence-electron chi connectivity index (χ1n) is 8.40. The highest BCUT2D eigenvalue weighted by atomic mass is 16.7. The third kappa shape index (κ3) is 3.51. The molecule has 7 nitrogen and oxygen atoms in total. The molecule has 132 valence electrons. The van der Waals surface area contributed by atoms with Crippen LogP contribution in [-0.4, -0.2) is 27.8 Å². The van der Waals surface area contributed by atoms with E-state index in [2.05, 4.69) is 25.6 Å². The molecular weight excluding hydrogens is 330 g/mol. The molecule has 0 fully saturated rings. The molecule has 7 heteroatoms. The fraction of sp³-hybridized carbons (Fsp3) is 0.211. The topological polar surface area (TPSA) is 81.2 Å². The van der Waals surface area contributed by atoms with Crippen LogP contribution in [0.4, 0.5) is 17.5 Å². The van der Waals surface area contributed by atoms with Crippen LogP contribution in [0.25, 0.3) is 11.3 Å². The van der Waals surface area contributed by atoms with E-state index in [9.17, 15) is 0 Å². The Kier molecular flexibility index (Phi) is 4.27. The molecule has 1 aromatic carbocycles. The standard InChI is InChI=1S/C19H19N5O2/c1-12(2)21-19-23-15(13-5-7-20-8-6-13)10-18(24-19)22-14-3-4-16-17(9-14)26-11-25-16/h3-10,12H,11H2,1-2H3,(H2,21,22,23,24). The van der Waals surface area contributed by atoms with Crippen LogP contribution in [-0.2, 0) is 0 Å². The molecular formula is C19H19N5O2. The van der Waals surface area contributed by atoms with Gasteiger partial charge in [-0.1, -0.05) is 0 Å². The zero-order valence-corrected chi connectivity index (χ0v) is 14.6. The van der Waals surface area contributed by atoms with Crippen molar-refractivity contribution < 1.29 is 9.47 Å². The lowest BCUT2D eigenvalue weighted by molar-refractivity contribution is 0.174.